The molecule has 0 bridgehead atoms. The Morgan fingerprint density at radius 3 is 2.67 bits per heavy atom. The van der Waals surface area contributed by atoms with Gasteiger partial charge in [0, 0.05) is 24.4 Å². The number of aromatic nitrogens is 2. The van der Waals surface area contributed by atoms with Gasteiger partial charge < -0.3 is 4.74 Å². The van der Waals surface area contributed by atoms with Crippen LogP contribution in [0, 0.1) is 23.5 Å². The summed E-state index contributed by atoms with van der Waals surface area (Å²) in [5.41, 5.74) is 2.70. The van der Waals surface area contributed by atoms with Gasteiger partial charge in [0.05, 0.1) is 19.2 Å². The average molecular weight is 404 g/mol. The van der Waals surface area contributed by atoms with E-state index in [2.05, 4.69) is 11.8 Å². The molecular weight excluding hydrogens is 386 g/mol. The second kappa shape index (κ2) is 8.26. The molecular formula is C24H18F2N2O2. The lowest BCUT2D eigenvalue weighted by Crippen LogP contribution is -2.25. The molecule has 0 saturated carbocycles. The molecule has 4 aromatic rings. The molecule has 2 aromatic heterocycles. The first-order valence-corrected chi connectivity index (χ1v) is 9.31. The van der Waals surface area contributed by atoms with Gasteiger partial charge in [-0.25, -0.2) is 13.6 Å². The van der Waals surface area contributed by atoms with E-state index < -0.39 is 11.6 Å². The van der Waals surface area contributed by atoms with E-state index in [1.54, 1.807) is 25.6 Å². The molecule has 4 nitrogen and oxygen atoms in total. The highest BCUT2D eigenvalue weighted by Gasteiger charge is 2.07. The molecule has 6 heteroatoms. The number of halogens is 2. The molecule has 0 unspecified atom stereocenters. The predicted molar refractivity (Wildman–Crippen MR) is 111 cm³/mol. The van der Waals surface area contributed by atoms with Gasteiger partial charge in [-0.2, -0.15) is 0 Å². The zero-order valence-electron chi connectivity index (χ0n) is 16.2. The Morgan fingerprint density at radius 1 is 1.00 bits per heavy atom. The van der Waals surface area contributed by atoms with E-state index in [4.69, 9.17) is 4.74 Å². The minimum absolute atomic E-state index is 0.140. The van der Waals surface area contributed by atoms with Gasteiger partial charge in [0.1, 0.15) is 5.75 Å². The highest BCUT2D eigenvalue weighted by atomic mass is 19.2. The summed E-state index contributed by atoms with van der Waals surface area (Å²) in [4.78, 5) is 12.8. The van der Waals surface area contributed by atoms with Crippen LogP contribution in [0.3, 0.4) is 0 Å². The van der Waals surface area contributed by atoms with E-state index in [1.807, 2.05) is 30.3 Å². The topological polar surface area (TPSA) is 35.6 Å². The van der Waals surface area contributed by atoms with E-state index in [-0.39, 0.29) is 12.2 Å². The normalized spacial score (nSPS) is 10.6. The van der Waals surface area contributed by atoms with Gasteiger partial charge in [0.15, 0.2) is 11.6 Å². The van der Waals surface area contributed by atoms with Crippen LogP contribution >= 0.6 is 0 Å². The minimum atomic E-state index is -0.934. The Labute approximate surface area is 172 Å². The van der Waals surface area contributed by atoms with Gasteiger partial charge in [-0.15, -0.1) is 0 Å². The molecule has 0 radical (unpaired) electrons. The van der Waals surface area contributed by atoms with Gasteiger partial charge >= 0.3 is 5.69 Å². The van der Waals surface area contributed by atoms with Crippen molar-refractivity contribution in [1.82, 2.24) is 8.97 Å². The van der Waals surface area contributed by atoms with E-state index in [1.165, 1.54) is 15.0 Å². The van der Waals surface area contributed by atoms with E-state index in [0.717, 1.165) is 29.0 Å². The number of nitrogens with zero attached hydrogens (tertiary/aromatic N) is 2. The fourth-order valence-corrected chi connectivity index (χ4v) is 3.20. The van der Waals surface area contributed by atoms with Gasteiger partial charge in [-0.1, -0.05) is 30.0 Å². The largest absolute Gasteiger partial charge is 0.497 e. The Hall–Kier alpha value is -3.85. The number of methoxy groups -OCH3 is 1. The number of benzene rings is 2. The molecule has 2 heterocycles. The number of hydrogen-bond acceptors (Lipinski definition) is 2. The SMILES string of the molecule is COc1cccc(CC#Cc2cc3ccn(Cc4ccc(F)c(F)c4)c(=O)n3c2)c1. The molecule has 30 heavy (non-hydrogen) atoms. The summed E-state index contributed by atoms with van der Waals surface area (Å²) in [5, 5.41) is 0. The Morgan fingerprint density at radius 2 is 1.87 bits per heavy atom. The first kappa shape index (κ1) is 19.5. The van der Waals surface area contributed by atoms with Gasteiger partial charge in [-0.3, -0.25) is 8.97 Å². The van der Waals surface area contributed by atoms with Crippen LogP contribution in [0.1, 0.15) is 16.7 Å². The third-order valence-corrected chi connectivity index (χ3v) is 4.72. The van der Waals surface area contributed by atoms with Crippen molar-refractivity contribution < 1.29 is 13.5 Å². The fourth-order valence-electron chi connectivity index (χ4n) is 3.20. The van der Waals surface area contributed by atoms with Crippen LogP contribution in [0.15, 0.2) is 71.8 Å². The number of hydrogen-bond donors (Lipinski definition) is 0. The molecule has 0 N–H and O–H groups in total. The molecule has 0 aliphatic heterocycles. The van der Waals surface area contributed by atoms with Crippen molar-refractivity contribution in [3.8, 4) is 17.6 Å². The maximum atomic E-state index is 13.4. The van der Waals surface area contributed by atoms with Crippen LogP contribution in [0.4, 0.5) is 8.78 Å². The lowest BCUT2D eigenvalue weighted by molar-refractivity contribution is 0.414. The molecule has 0 aliphatic rings. The Kier molecular flexibility index (Phi) is 5.36. The standard InChI is InChI=1S/C24H18F2N2O2/c1-30-21-7-3-5-17(13-21)4-2-6-18-12-20-10-11-27(24(29)28(20)16-18)15-19-8-9-22(25)23(26)14-19/h3,5,7-14,16H,4,15H2,1H3. The lowest BCUT2D eigenvalue weighted by atomic mass is 10.1. The summed E-state index contributed by atoms with van der Waals surface area (Å²) in [5.74, 6) is 5.13. The van der Waals surface area contributed by atoms with E-state index in [9.17, 15) is 13.6 Å². The summed E-state index contributed by atoms with van der Waals surface area (Å²) < 4.78 is 34.7. The zero-order chi connectivity index (χ0) is 21.1. The molecule has 0 aliphatic carbocycles. The molecule has 4 rings (SSSR count). The van der Waals surface area contributed by atoms with Crippen LogP contribution < -0.4 is 10.4 Å². The summed E-state index contributed by atoms with van der Waals surface area (Å²) in [6.07, 6.45) is 3.87. The molecule has 150 valence electrons. The summed E-state index contributed by atoms with van der Waals surface area (Å²) in [7, 11) is 1.62. The molecule has 0 fully saturated rings. The Balaban J connectivity index is 1.57. The van der Waals surface area contributed by atoms with E-state index >= 15 is 0 Å². The maximum absolute atomic E-state index is 13.4. The first-order valence-electron chi connectivity index (χ1n) is 9.31. The number of ether oxygens (including phenoxy) is 1. The third kappa shape index (κ3) is 4.11. The summed E-state index contributed by atoms with van der Waals surface area (Å²) >= 11 is 0. The van der Waals surface area contributed by atoms with Gasteiger partial charge in [0.2, 0.25) is 0 Å². The van der Waals surface area contributed by atoms with Crippen molar-refractivity contribution >= 4 is 5.52 Å². The second-order valence-electron chi connectivity index (χ2n) is 6.83. The smallest absolute Gasteiger partial charge is 0.332 e. The van der Waals surface area contributed by atoms with Crippen molar-refractivity contribution in [2.45, 2.75) is 13.0 Å². The number of fused-ring (bicyclic) bond motifs is 1. The number of rotatable bonds is 4. The third-order valence-electron chi connectivity index (χ3n) is 4.72. The van der Waals surface area contributed by atoms with Crippen molar-refractivity contribution in [2.75, 3.05) is 7.11 Å². The van der Waals surface area contributed by atoms with Crippen LogP contribution in [-0.2, 0) is 13.0 Å². The average Bonchev–Trinajstić information content (AvgIpc) is 3.17. The second-order valence-corrected chi connectivity index (χ2v) is 6.83. The van der Waals surface area contributed by atoms with Gasteiger partial charge in [0.25, 0.3) is 0 Å². The quantitative estimate of drug-likeness (QED) is 0.482. The van der Waals surface area contributed by atoms with Gasteiger partial charge in [-0.05, 0) is 47.5 Å². The first-order chi connectivity index (χ1) is 14.5. The molecule has 2 aromatic carbocycles. The molecule has 0 spiro atoms. The summed E-state index contributed by atoms with van der Waals surface area (Å²) in [6.45, 7) is 0.140. The monoisotopic (exact) mass is 404 g/mol. The summed E-state index contributed by atoms with van der Waals surface area (Å²) in [6, 6.07) is 14.9. The van der Waals surface area contributed by atoms with Crippen LogP contribution in [0.25, 0.3) is 5.52 Å². The lowest BCUT2D eigenvalue weighted by Gasteiger charge is -2.07. The minimum Gasteiger partial charge on any atom is -0.497 e. The molecule has 0 saturated heterocycles. The molecule has 0 atom stereocenters. The van der Waals surface area contributed by atoms with Crippen LogP contribution in [0.5, 0.6) is 5.75 Å². The van der Waals surface area contributed by atoms with Crippen molar-refractivity contribution in [1.29, 1.82) is 0 Å². The zero-order valence-corrected chi connectivity index (χ0v) is 16.2. The van der Waals surface area contributed by atoms with E-state index in [0.29, 0.717) is 17.5 Å². The van der Waals surface area contributed by atoms with Crippen molar-refractivity contribution in [2.24, 2.45) is 0 Å². The van der Waals surface area contributed by atoms with Crippen LogP contribution in [0.2, 0.25) is 0 Å². The highest BCUT2D eigenvalue weighted by Crippen LogP contribution is 2.13. The van der Waals surface area contributed by atoms with Crippen LogP contribution in [-0.4, -0.2) is 16.1 Å². The fraction of sp³-hybridized carbons (Fsp3) is 0.125. The predicted octanol–water partition coefficient (Wildman–Crippen LogP) is 4.03. The Bertz CT molecular complexity index is 1340. The maximum Gasteiger partial charge on any atom is 0.332 e. The van der Waals surface area contributed by atoms with Crippen molar-refractivity contribution in [3.63, 3.8) is 0 Å². The van der Waals surface area contributed by atoms with Crippen molar-refractivity contribution in [3.05, 3.63) is 106 Å². The highest BCUT2D eigenvalue weighted by molar-refractivity contribution is 5.54. The molecule has 0 amide bonds.